The van der Waals surface area contributed by atoms with E-state index >= 15 is 0 Å². The second-order valence-electron chi connectivity index (χ2n) is 8.74. The molecule has 1 aliphatic rings. The number of aromatic nitrogens is 2. The van der Waals surface area contributed by atoms with E-state index in [2.05, 4.69) is 4.99 Å². The summed E-state index contributed by atoms with van der Waals surface area (Å²) in [5, 5.41) is -1.50. The first kappa shape index (κ1) is 31.0. The van der Waals surface area contributed by atoms with Gasteiger partial charge in [-0.15, -0.1) is 0 Å². The minimum atomic E-state index is -5.03. The van der Waals surface area contributed by atoms with Gasteiger partial charge in [0.1, 0.15) is 16.8 Å². The van der Waals surface area contributed by atoms with Crippen LogP contribution in [0.4, 0.5) is 23.2 Å². The average Bonchev–Trinajstić information content (AvgIpc) is 3.15. The number of halogens is 5. The monoisotopic (exact) mass is 647 g/mol. The Hall–Kier alpha value is -3.96. The van der Waals surface area contributed by atoms with Crippen LogP contribution in [0.15, 0.2) is 68.0 Å². The molecular weight excluding hydrogens is 630 g/mol. The van der Waals surface area contributed by atoms with Crippen molar-refractivity contribution < 1.29 is 35.6 Å². The summed E-state index contributed by atoms with van der Waals surface area (Å²) in [6.07, 6.45) is -5.59. The molecule has 1 fully saturated rings. The maximum atomic E-state index is 14.8. The Balaban J connectivity index is 1.64. The Kier molecular flexibility index (Phi) is 8.39. The van der Waals surface area contributed by atoms with E-state index in [4.69, 9.17) is 11.6 Å². The van der Waals surface area contributed by atoms with Crippen LogP contribution in [-0.4, -0.2) is 51.7 Å². The summed E-state index contributed by atoms with van der Waals surface area (Å²) >= 11 is 6.85. The second kappa shape index (κ2) is 11.4. The quantitative estimate of drug-likeness (QED) is 0.406. The van der Waals surface area contributed by atoms with Gasteiger partial charge in [0.2, 0.25) is 11.8 Å². The number of sulfonamides is 1. The summed E-state index contributed by atoms with van der Waals surface area (Å²) in [7, 11) is -2.14. The third kappa shape index (κ3) is 6.12. The van der Waals surface area contributed by atoms with E-state index in [9.17, 15) is 45.2 Å². The van der Waals surface area contributed by atoms with Crippen molar-refractivity contribution in [3.8, 4) is 5.69 Å². The number of amidine groups is 1. The van der Waals surface area contributed by atoms with Crippen molar-refractivity contribution in [2.75, 3.05) is 7.05 Å². The highest BCUT2D eigenvalue weighted by Crippen LogP contribution is 2.35. The Morgan fingerprint density at radius 1 is 1.10 bits per heavy atom. The van der Waals surface area contributed by atoms with Gasteiger partial charge in [-0.3, -0.25) is 23.9 Å². The van der Waals surface area contributed by atoms with Gasteiger partial charge < -0.3 is 0 Å². The van der Waals surface area contributed by atoms with Gasteiger partial charge in [0.25, 0.3) is 15.6 Å². The molecule has 1 atom stereocenters. The lowest BCUT2D eigenvalue weighted by molar-refractivity contribution is -0.144. The van der Waals surface area contributed by atoms with Crippen molar-refractivity contribution in [1.82, 2.24) is 18.8 Å². The Bertz CT molecular complexity index is 1860. The highest BCUT2D eigenvalue weighted by Gasteiger charge is 2.38. The Morgan fingerprint density at radius 2 is 1.74 bits per heavy atom. The zero-order chi connectivity index (χ0) is 31.1. The number of benzene rings is 2. The fraction of sp³-hybridized carbons (Fsp3) is 0.208. The molecular formula is C24H18ClF4N5O6S2. The summed E-state index contributed by atoms with van der Waals surface area (Å²) in [5.41, 5.74) is -5.52. The normalized spacial score (nSPS) is 16.7. The molecule has 4 rings (SSSR count). The van der Waals surface area contributed by atoms with Crippen molar-refractivity contribution in [3.63, 3.8) is 0 Å². The highest BCUT2D eigenvalue weighted by atomic mass is 35.5. The maximum absolute atomic E-state index is 14.8. The van der Waals surface area contributed by atoms with Gasteiger partial charge in [-0.1, -0.05) is 41.6 Å². The molecule has 2 amide bonds. The maximum Gasteiger partial charge on any atom is 0.431 e. The number of hydrogen-bond donors (Lipinski definition) is 1. The molecule has 3 aromatic rings. The number of nitrogens with one attached hydrogen (secondary N) is 1. The highest BCUT2D eigenvalue weighted by molar-refractivity contribution is 8.15. The second-order valence-corrected chi connectivity index (χ2v) is 12.0. The molecule has 1 aromatic heterocycles. The summed E-state index contributed by atoms with van der Waals surface area (Å²) in [6.45, 7) is 0. The molecule has 42 heavy (non-hydrogen) atoms. The van der Waals surface area contributed by atoms with Crippen molar-refractivity contribution in [2.24, 2.45) is 12.0 Å². The fourth-order valence-electron chi connectivity index (χ4n) is 3.82. The van der Waals surface area contributed by atoms with E-state index in [0.29, 0.717) is 6.07 Å². The number of thioether (sulfide) groups is 1. The summed E-state index contributed by atoms with van der Waals surface area (Å²) in [4.78, 5) is 55.4. The third-order valence-electron chi connectivity index (χ3n) is 5.90. The summed E-state index contributed by atoms with van der Waals surface area (Å²) in [6, 6.07) is 8.72. The van der Waals surface area contributed by atoms with Gasteiger partial charge in [0.05, 0.1) is 21.3 Å². The molecule has 0 saturated carbocycles. The zero-order valence-corrected chi connectivity index (χ0v) is 23.7. The van der Waals surface area contributed by atoms with E-state index < -0.39 is 68.1 Å². The number of hydrogen-bond acceptors (Lipinski definition) is 8. The number of rotatable bonds is 6. The van der Waals surface area contributed by atoms with Crippen LogP contribution in [0.25, 0.3) is 5.69 Å². The van der Waals surface area contributed by atoms with Gasteiger partial charge in [-0.2, -0.15) is 13.2 Å². The number of carbonyl (C=O) groups excluding carboxylic acids is 2. The molecule has 0 aliphatic carbocycles. The molecule has 222 valence electrons. The smallest absolute Gasteiger partial charge is 0.293 e. The fourth-order valence-corrected chi connectivity index (χ4v) is 6.18. The molecule has 0 bridgehead atoms. The largest absolute Gasteiger partial charge is 0.431 e. The van der Waals surface area contributed by atoms with Gasteiger partial charge in [0.15, 0.2) is 5.17 Å². The molecule has 1 unspecified atom stereocenters. The first-order valence-electron chi connectivity index (χ1n) is 11.5. The molecule has 11 nitrogen and oxygen atoms in total. The van der Waals surface area contributed by atoms with Crippen molar-refractivity contribution in [1.29, 1.82) is 0 Å². The molecule has 0 radical (unpaired) electrons. The number of nitrogens with zero attached hydrogens (tertiary/aromatic N) is 4. The topological polar surface area (TPSA) is 140 Å². The summed E-state index contributed by atoms with van der Waals surface area (Å²) in [5.74, 6) is -2.82. The van der Waals surface area contributed by atoms with Gasteiger partial charge >= 0.3 is 11.9 Å². The van der Waals surface area contributed by atoms with Crippen molar-refractivity contribution >= 4 is 56.1 Å². The Labute approximate surface area is 243 Å². The molecule has 18 heteroatoms. The standard InChI is InChI=1S/C24H18ClF4N5O6S2/c1-32-18(24(27,28)29)11-20(36)34(23(32)38)16-9-15(13(25)8-14(16)26)30-22-33(2)21(37)17(41-22)10-19(35)31-42(39,40)12-6-4-3-5-7-12/h3-9,11,17H,10H2,1-2H3,(H,31,35)/b30-22-. The van der Waals surface area contributed by atoms with Crippen molar-refractivity contribution in [2.45, 2.75) is 22.7 Å². The SMILES string of the molecule is CN1C(=O)C(CC(=O)NS(=O)(=O)c2ccccc2)S/C1=N\c1cc(-n2c(=O)cc(C(F)(F)F)n(C)c2=O)c(F)cc1Cl. The number of aliphatic imine (C=N–C) groups is 1. The van der Waals surface area contributed by atoms with E-state index in [0.717, 1.165) is 29.8 Å². The van der Waals surface area contributed by atoms with Crippen LogP contribution in [0.3, 0.4) is 0 Å². The van der Waals surface area contributed by atoms with Crippen LogP contribution >= 0.6 is 23.4 Å². The molecule has 1 N–H and O–H groups in total. The van der Waals surface area contributed by atoms with Crippen LogP contribution in [-0.2, 0) is 32.8 Å². The van der Waals surface area contributed by atoms with Crippen molar-refractivity contribution in [3.05, 3.63) is 85.9 Å². The van der Waals surface area contributed by atoms with E-state index in [1.54, 1.807) is 6.07 Å². The lowest BCUT2D eigenvalue weighted by Crippen LogP contribution is -2.41. The predicted molar refractivity (Wildman–Crippen MR) is 145 cm³/mol. The number of alkyl halides is 3. The minimum Gasteiger partial charge on any atom is -0.293 e. The van der Waals surface area contributed by atoms with Crippen LogP contribution in [0.1, 0.15) is 12.1 Å². The molecule has 1 saturated heterocycles. The molecule has 2 aromatic carbocycles. The lowest BCUT2D eigenvalue weighted by Gasteiger charge is -2.15. The van der Waals surface area contributed by atoms with Crippen LogP contribution in [0.5, 0.6) is 0 Å². The van der Waals surface area contributed by atoms with Crippen LogP contribution in [0, 0.1) is 5.82 Å². The molecule has 1 aliphatic heterocycles. The average molecular weight is 648 g/mol. The van der Waals surface area contributed by atoms with Crippen LogP contribution < -0.4 is 16.0 Å². The van der Waals surface area contributed by atoms with Gasteiger partial charge in [0, 0.05) is 26.6 Å². The molecule has 0 spiro atoms. The molecule has 2 heterocycles. The number of amides is 2. The Morgan fingerprint density at radius 3 is 2.36 bits per heavy atom. The van der Waals surface area contributed by atoms with Gasteiger partial charge in [-0.05, 0) is 24.3 Å². The van der Waals surface area contributed by atoms with E-state index in [1.165, 1.54) is 31.3 Å². The minimum absolute atomic E-state index is 0.0594. The first-order chi connectivity index (χ1) is 19.5. The van der Waals surface area contributed by atoms with Gasteiger partial charge in [-0.25, -0.2) is 31.9 Å². The lowest BCUT2D eigenvalue weighted by atomic mass is 10.2. The van der Waals surface area contributed by atoms with Crippen LogP contribution in [0.2, 0.25) is 5.02 Å². The van der Waals surface area contributed by atoms with E-state index in [-0.39, 0.29) is 36.0 Å². The third-order valence-corrected chi connectivity index (χ3v) is 8.82. The number of carbonyl (C=O) groups is 2. The van der Waals surface area contributed by atoms with E-state index in [1.807, 2.05) is 4.72 Å². The zero-order valence-electron chi connectivity index (χ0n) is 21.3. The first-order valence-corrected chi connectivity index (χ1v) is 14.3. The predicted octanol–water partition coefficient (Wildman–Crippen LogP) is 2.80. The summed E-state index contributed by atoms with van der Waals surface area (Å²) < 4.78 is 81.4.